The van der Waals surface area contributed by atoms with Crippen molar-refractivity contribution in [2.75, 3.05) is 13.1 Å². The van der Waals surface area contributed by atoms with E-state index in [-0.39, 0.29) is 17.8 Å². The molecule has 1 aliphatic heterocycles. The van der Waals surface area contributed by atoms with Crippen LogP contribution in [0, 0.1) is 5.82 Å². The molecule has 1 fully saturated rings. The second-order valence-electron chi connectivity index (χ2n) is 7.57. The summed E-state index contributed by atoms with van der Waals surface area (Å²) in [6, 6.07) is 5.60. The van der Waals surface area contributed by atoms with Gasteiger partial charge in [0.15, 0.2) is 5.60 Å². The summed E-state index contributed by atoms with van der Waals surface area (Å²) >= 11 is 0. The van der Waals surface area contributed by atoms with Gasteiger partial charge in [-0.15, -0.1) is 5.10 Å². The molecule has 7 nitrogen and oxygen atoms in total. The number of amides is 1. The van der Waals surface area contributed by atoms with Crippen LogP contribution in [-0.4, -0.2) is 49.6 Å². The van der Waals surface area contributed by atoms with Crippen molar-refractivity contribution in [3.8, 4) is 5.75 Å². The summed E-state index contributed by atoms with van der Waals surface area (Å²) in [7, 11) is 0. The molecule has 3 rings (SSSR count). The molecule has 26 heavy (non-hydrogen) atoms. The summed E-state index contributed by atoms with van der Waals surface area (Å²) in [5, 5.41) is 18.0. The molecule has 0 atom stereocenters. The first kappa shape index (κ1) is 18.3. The predicted molar refractivity (Wildman–Crippen MR) is 92.0 cm³/mol. The van der Waals surface area contributed by atoms with Crippen LogP contribution in [0.15, 0.2) is 30.5 Å². The lowest BCUT2D eigenvalue weighted by molar-refractivity contribution is -0.151. The number of aromatic nitrogens is 3. The maximum Gasteiger partial charge on any atom is 0.266 e. The van der Waals surface area contributed by atoms with E-state index < -0.39 is 11.2 Å². The van der Waals surface area contributed by atoms with Gasteiger partial charge in [0.25, 0.3) is 5.91 Å². The highest BCUT2D eigenvalue weighted by molar-refractivity contribution is 5.85. The van der Waals surface area contributed by atoms with E-state index in [2.05, 4.69) is 10.3 Å². The number of hydrogen-bond acceptors (Lipinski definition) is 5. The van der Waals surface area contributed by atoms with Gasteiger partial charge in [-0.1, -0.05) is 5.21 Å². The van der Waals surface area contributed by atoms with Crippen molar-refractivity contribution >= 4 is 5.91 Å². The summed E-state index contributed by atoms with van der Waals surface area (Å²) in [6.45, 7) is 7.65. The number of halogens is 1. The zero-order chi connectivity index (χ0) is 19.1. The Morgan fingerprint density at radius 2 is 1.85 bits per heavy atom. The number of rotatable bonds is 5. The third kappa shape index (κ3) is 3.70. The van der Waals surface area contributed by atoms with Crippen molar-refractivity contribution < 1.29 is 19.0 Å². The molecular formula is C18H23FN4O3. The van der Waals surface area contributed by atoms with Gasteiger partial charge in [0.2, 0.25) is 0 Å². The molecule has 8 heteroatoms. The molecule has 1 aliphatic rings. The molecular weight excluding hydrogens is 339 g/mol. The van der Waals surface area contributed by atoms with Crippen LogP contribution in [0.4, 0.5) is 4.39 Å². The molecule has 0 bridgehead atoms. The van der Waals surface area contributed by atoms with E-state index >= 15 is 0 Å². The maximum absolute atomic E-state index is 13.0. The largest absolute Gasteiger partial charge is 0.478 e. The number of benzene rings is 1. The normalized spacial score (nSPS) is 15.7. The highest BCUT2D eigenvalue weighted by Crippen LogP contribution is 2.27. The zero-order valence-corrected chi connectivity index (χ0v) is 15.3. The van der Waals surface area contributed by atoms with Gasteiger partial charge in [-0.3, -0.25) is 4.79 Å². The van der Waals surface area contributed by atoms with E-state index in [4.69, 9.17) is 4.74 Å². The fraction of sp³-hybridized carbons (Fsp3) is 0.500. The molecule has 0 aliphatic carbocycles. The molecule has 2 heterocycles. The molecule has 2 aromatic rings. The fourth-order valence-electron chi connectivity index (χ4n) is 2.75. The van der Waals surface area contributed by atoms with Crippen molar-refractivity contribution in [1.29, 1.82) is 0 Å². The molecule has 0 radical (unpaired) electrons. The van der Waals surface area contributed by atoms with Crippen molar-refractivity contribution in [2.24, 2.45) is 0 Å². The van der Waals surface area contributed by atoms with Crippen LogP contribution in [0.2, 0.25) is 0 Å². The number of carbonyl (C=O) groups excluding carboxylic acids is 1. The molecule has 1 saturated heterocycles. The minimum absolute atomic E-state index is 0.0178. The first-order chi connectivity index (χ1) is 12.1. The highest BCUT2D eigenvalue weighted by Gasteiger charge is 2.41. The van der Waals surface area contributed by atoms with Crippen molar-refractivity contribution in [3.63, 3.8) is 0 Å². The SMILES string of the molecule is CC(C)(Oc1ccc(F)cc1)C(=O)N1CC(n2cc(C(C)(C)O)nn2)C1. The zero-order valence-electron chi connectivity index (χ0n) is 15.3. The molecule has 1 N–H and O–H groups in total. The topological polar surface area (TPSA) is 80.5 Å². The molecule has 0 unspecified atom stereocenters. The lowest BCUT2D eigenvalue weighted by atomic mass is 10.0. The number of aliphatic hydroxyl groups is 1. The first-order valence-electron chi connectivity index (χ1n) is 8.45. The van der Waals surface area contributed by atoms with Crippen LogP contribution in [0.3, 0.4) is 0 Å². The summed E-state index contributed by atoms with van der Waals surface area (Å²) in [5.74, 6) is -0.0702. The first-order valence-corrected chi connectivity index (χ1v) is 8.45. The molecule has 0 spiro atoms. The van der Waals surface area contributed by atoms with Gasteiger partial charge in [0.05, 0.1) is 12.2 Å². The van der Waals surface area contributed by atoms with Gasteiger partial charge >= 0.3 is 0 Å². The lowest BCUT2D eigenvalue weighted by Gasteiger charge is -2.42. The van der Waals surface area contributed by atoms with Crippen molar-refractivity contribution in [1.82, 2.24) is 19.9 Å². The van der Waals surface area contributed by atoms with E-state index in [1.165, 1.54) is 24.3 Å². The van der Waals surface area contributed by atoms with Gasteiger partial charge < -0.3 is 14.7 Å². The molecule has 1 aromatic carbocycles. The summed E-state index contributed by atoms with van der Waals surface area (Å²) in [6.07, 6.45) is 1.70. The van der Waals surface area contributed by atoms with Gasteiger partial charge in [-0.2, -0.15) is 0 Å². The van der Waals surface area contributed by atoms with E-state index in [0.717, 1.165) is 0 Å². The monoisotopic (exact) mass is 362 g/mol. The second kappa shape index (κ2) is 6.35. The van der Waals surface area contributed by atoms with E-state index in [1.54, 1.807) is 43.5 Å². The number of nitrogens with zero attached hydrogens (tertiary/aromatic N) is 4. The van der Waals surface area contributed by atoms with Gasteiger partial charge in [-0.25, -0.2) is 9.07 Å². The minimum Gasteiger partial charge on any atom is -0.478 e. The van der Waals surface area contributed by atoms with E-state index in [0.29, 0.717) is 24.5 Å². The smallest absolute Gasteiger partial charge is 0.266 e. The maximum atomic E-state index is 13.0. The number of hydrogen-bond donors (Lipinski definition) is 1. The third-order valence-electron chi connectivity index (χ3n) is 4.36. The fourth-order valence-corrected chi connectivity index (χ4v) is 2.75. The number of ether oxygens (including phenoxy) is 1. The molecule has 140 valence electrons. The van der Waals surface area contributed by atoms with Crippen LogP contribution < -0.4 is 4.74 Å². The highest BCUT2D eigenvalue weighted by atomic mass is 19.1. The van der Waals surface area contributed by atoms with Gasteiger partial charge in [-0.05, 0) is 52.0 Å². The Morgan fingerprint density at radius 3 is 2.38 bits per heavy atom. The molecule has 0 saturated carbocycles. The number of likely N-dealkylation sites (tertiary alicyclic amines) is 1. The van der Waals surface area contributed by atoms with Crippen LogP contribution in [-0.2, 0) is 10.4 Å². The Labute approximate surface area is 151 Å². The van der Waals surface area contributed by atoms with Crippen LogP contribution >= 0.6 is 0 Å². The average Bonchev–Trinajstić information content (AvgIpc) is 2.97. The average molecular weight is 362 g/mol. The molecule has 1 amide bonds. The van der Waals surface area contributed by atoms with E-state index in [9.17, 15) is 14.3 Å². The molecule has 1 aromatic heterocycles. The Bertz CT molecular complexity index is 790. The summed E-state index contributed by atoms with van der Waals surface area (Å²) < 4.78 is 20.4. The lowest BCUT2D eigenvalue weighted by Crippen LogP contribution is -2.58. The van der Waals surface area contributed by atoms with Crippen LogP contribution in [0.5, 0.6) is 5.75 Å². The number of carbonyl (C=O) groups is 1. The minimum atomic E-state index is -1.07. The Kier molecular flexibility index (Phi) is 4.47. The van der Waals surface area contributed by atoms with Gasteiger partial charge in [0.1, 0.15) is 22.9 Å². The summed E-state index contributed by atoms with van der Waals surface area (Å²) in [4.78, 5) is 14.4. The predicted octanol–water partition coefficient (Wildman–Crippen LogP) is 1.89. The van der Waals surface area contributed by atoms with Gasteiger partial charge in [0, 0.05) is 13.1 Å². The third-order valence-corrected chi connectivity index (χ3v) is 4.36. The van der Waals surface area contributed by atoms with E-state index in [1.807, 2.05) is 0 Å². The van der Waals surface area contributed by atoms with Crippen LogP contribution in [0.25, 0.3) is 0 Å². The van der Waals surface area contributed by atoms with Crippen LogP contribution in [0.1, 0.15) is 39.4 Å². The Hall–Kier alpha value is -2.48. The Morgan fingerprint density at radius 1 is 1.23 bits per heavy atom. The van der Waals surface area contributed by atoms with Crippen molar-refractivity contribution in [2.45, 2.75) is 44.9 Å². The summed E-state index contributed by atoms with van der Waals surface area (Å²) in [5.41, 5.74) is -1.63. The Balaban J connectivity index is 1.60. The second-order valence-corrected chi connectivity index (χ2v) is 7.57. The van der Waals surface area contributed by atoms with Crippen molar-refractivity contribution in [3.05, 3.63) is 42.0 Å². The standard InChI is InChI=1S/C18H23FN4O3/c1-17(2,25)15-11-23(21-20-15)13-9-22(10-13)16(24)18(3,4)26-14-7-5-12(19)6-8-14/h5-8,11,13,25H,9-10H2,1-4H3. The quantitative estimate of drug-likeness (QED) is 0.878.